The number of rotatable bonds is 8. The van der Waals surface area contributed by atoms with Crippen LogP contribution >= 0.6 is 11.8 Å². The molecule has 1 rings (SSSR count). The molecule has 1 aromatic rings. The zero-order chi connectivity index (χ0) is 13.4. The largest absolute Gasteiger partial charge is 0.316 e. The van der Waals surface area contributed by atoms with Crippen molar-refractivity contribution in [1.82, 2.24) is 5.32 Å². The van der Waals surface area contributed by atoms with Gasteiger partial charge in [-0.1, -0.05) is 13.8 Å². The van der Waals surface area contributed by atoms with E-state index in [-0.39, 0.29) is 0 Å². The Balaban J connectivity index is 2.11. The van der Waals surface area contributed by atoms with Crippen LogP contribution in [0.4, 0.5) is 8.78 Å². The van der Waals surface area contributed by atoms with E-state index >= 15 is 0 Å². The number of unbranched alkanes of at least 4 members (excludes halogenated alkanes) is 1. The van der Waals surface area contributed by atoms with E-state index < -0.39 is 11.6 Å². The van der Waals surface area contributed by atoms with E-state index in [1.54, 1.807) is 0 Å². The molecule has 1 N–H and O–H groups in total. The lowest BCUT2D eigenvalue weighted by Gasteiger charge is -2.07. The SMILES string of the molecule is CC(C)CNCCCCSc1ccc(F)cc1F. The maximum absolute atomic E-state index is 13.3. The maximum Gasteiger partial charge on any atom is 0.139 e. The smallest absolute Gasteiger partial charge is 0.139 e. The molecule has 0 aliphatic carbocycles. The third-order valence-corrected chi connectivity index (χ3v) is 3.59. The van der Waals surface area contributed by atoms with Gasteiger partial charge in [-0.25, -0.2) is 8.78 Å². The van der Waals surface area contributed by atoms with Gasteiger partial charge in [0.1, 0.15) is 11.6 Å². The predicted molar refractivity (Wildman–Crippen MR) is 74.0 cm³/mol. The van der Waals surface area contributed by atoms with Gasteiger partial charge in [-0.2, -0.15) is 0 Å². The van der Waals surface area contributed by atoms with Crippen LogP contribution in [0.5, 0.6) is 0 Å². The fourth-order valence-electron chi connectivity index (χ4n) is 1.52. The van der Waals surface area contributed by atoms with Crippen LogP contribution in [0.3, 0.4) is 0 Å². The Kier molecular flexibility index (Phi) is 7.28. The highest BCUT2D eigenvalue weighted by Gasteiger charge is 2.03. The summed E-state index contributed by atoms with van der Waals surface area (Å²) in [5.41, 5.74) is 0. The van der Waals surface area contributed by atoms with Gasteiger partial charge in [0.15, 0.2) is 0 Å². The zero-order valence-electron chi connectivity index (χ0n) is 11.0. The number of thioether (sulfide) groups is 1. The van der Waals surface area contributed by atoms with Gasteiger partial charge in [-0.15, -0.1) is 11.8 Å². The molecule has 0 heterocycles. The molecule has 4 heteroatoms. The molecule has 0 spiro atoms. The average molecular weight is 273 g/mol. The normalized spacial score (nSPS) is 11.2. The fraction of sp³-hybridized carbons (Fsp3) is 0.571. The highest BCUT2D eigenvalue weighted by molar-refractivity contribution is 7.99. The Labute approximate surface area is 112 Å². The summed E-state index contributed by atoms with van der Waals surface area (Å²) < 4.78 is 26.0. The van der Waals surface area contributed by atoms with Crippen molar-refractivity contribution in [3.63, 3.8) is 0 Å². The lowest BCUT2D eigenvalue weighted by atomic mass is 10.2. The second kappa shape index (κ2) is 8.48. The Morgan fingerprint density at radius 3 is 2.67 bits per heavy atom. The molecule has 0 amide bonds. The molecule has 0 unspecified atom stereocenters. The van der Waals surface area contributed by atoms with Crippen molar-refractivity contribution in [2.75, 3.05) is 18.8 Å². The minimum Gasteiger partial charge on any atom is -0.316 e. The third kappa shape index (κ3) is 6.36. The van der Waals surface area contributed by atoms with Crippen molar-refractivity contribution in [2.24, 2.45) is 5.92 Å². The highest BCUT2D eigenvalue weighted by Crippen LogP contribution is 2.23. The first-order valence-corrected chi connectivity index (χ1v) is 7.36. The number of halogens is 2. The summed E-state index contributed by atoms with van der Waals surface area (Å²) in [6.07, 6.45) is 2.12. The first-order chi connectivity index (χ1) is 8.59. The second-order valence-corrected chi connectivity index (χ2v) is 5.87. The van der Waals surface area contributed by atoms with Crippen LogP contribution in [0.25, 0.3) is 0 Å². The summed E-state index contributed by atoms with van der Waals surface area (Å²) in [7, 11) is 0. The van der Waals surface area contributed by atoms with E-state index in [1.165, 1.54) is 23.9 Å². The summed E-state index contributed by atoms with van der Waals surface area (Å²) in [4.78, 5) is 0.534. The van der Waals surface area contributed by atoms with Gasteiger partial charge in [-0.05, 0) is 49.7 Å². The van der Waals surface area contributed by atoms with Crippen molar-refractivity contribution in [1.29, 1.82) is 0 Å². The van der Waals surface area contributed by atoms with Gasteiger partial charge < -0.3 is 5.32 Å². The molecule has 0 radical (unpaired) electrons. The second-order valence-electron chi connectivity index (χ2n) is 4.73. The van der Waals surface area contributed by atoms with Gasteiger partial charge >= 0.3 is 0 Å². The molecule has 0 aromatic heterocycles. The molecular formula is C14H21F2NS. The Morgan fingerprint density at radius 2 is 2.00 bits per heavy atom. The average Bonchev–Trinajstić information content (AvgIpc) is 2.30. The topological polar surface area (TPSA) is 12.0 Å². The van der Waals surface area contributed by atoms with Gasteiger partial charge in [-0.3, -0.25) is 0 Å². The van der Waals surface area contributed by atoms with E-state index in [0.29, 0.717) is 10.8 Å². The van der Waals surface area contributed by atoms with Crippen molar-refractivity contribution in [3.8, 4) is 0 Å². The first kappa shape index (κ1) is 15.4. The predicted octanol–water partition coefficient (Wildman–Crippen LogP) is 4.08. The molecule has 0 saturated heterocycles. The number of hydrogen-bond acceptors (Lipinski definition) is 2. The highest BCUT2D eigenvalue weighted by atomic mass is 32.2. The Morgan fingerprint density at radius 1 is 1.22 bits per heavy atom. The van der Waals surface area contributed by atoms with E-state index in [9.17, 15) is 8.78 Å². The minimum atomic E-state index is -0.519. The quantitative estimate of drug-likeness (QED) is 0.566. The fourth-order valence-corrected chi connectivity index (χ4v) is 2.45. The lowest BCUT2D eigenvalue weighted by Crippen LogP contribution is -2.20. The van der Waals surface area contributed by atoms with E-state index in [1.807, 2.05) is 0 Å². The molecule has 18 heavy (non-hydrogen) atoms. The van der Waals surface area contributed by atoms with Crippen molar-refractivity contribution < 1.29 is 8.78 Å². The maximum atomic E-state index is 13.3. The Hall–Kier alpha value is -0.610. The zero-order valence-corrected chi connectivity index (χ0v) is 11.8. The van der Waals surface area contributed by atoms with Crippen LogP contribution in [0.2, 0.25) is 0 Å². The van der Waals surface area contributed by atoms with Gasteiger partial charge in [0.05, 0.1) is 0 Å². The molecule has 0 bridgehead atoms. The van der Waals surface area contributed by atoms with Crippen LogP contribution in [0.1, 0.15) is 26.7 Å². The number of benzene rings is 1. The molecule has 102 valence electrons. The molecule has 0 saturated carbocycles. The van der Waals surface area contributed by atoms with Gasteiger partial charge in [0.2, 0.25) is 0 Å². The summed E-state index contributed by atoms with van der Waals surface area (Å²) in [6.45, 7) is 6.41. The molecule has 1 aromatic carbocycles. The van der Waals surface area contributed by atoms with Crippen LogP contribution in [-0.2, 0) is 0 Å². The molecule has 0 aliphatic heterocycles. The van der Waals surface area contributed by atoms with Crippen LogP contribution < -0.4 is 5.32 Å². The van der Waals surface area contributed by atoms with Gasteiger partial charge in [0.25, 0.3) is 0 Å². The van der Waals surface area contributed by atoms with E-state index in [4.69, 9.17) is 0 Å². The minimum absolute atomic E-state index is 0.460. The van der Waals surface area contributed by atoms with Gasteiger partial charge in [0, 0.05) is 11.0 Å². The van der Waals surface area contributed by atoms with Crippen molar-refractivity contribution >= 4 is 11.8 Å². The van der Waals surface area contributed by atoms with E-state index in [2.05, 4.69) is 19.2 Å². The summed E-state index contributed by atoms with van der Waals surface area (Å²) in [5.74, 6) is 0.562. The summed E-state index contributed by atoms with van der Waals surface area (Å²) in [5, 5.41) is 3.37. The summed E-state index contributed by atoms with van der Waals surface area (Å²) >= 11 is 1.45. The van der Waals surface area contributed by atoms with Crippen LogP contribution in [-0.4, -0.2) is 18.8 Å². The molecule has 0 fully saturated rings. The lowest BCUT2D eigenvalue weighted by molar-refractivity contribution is 0.541. The Bertz CT molecular complexity index is 356. The monoisotopic (exact) mass is 273 g/mol. The first-order valence-electron chi connectivity index (χ1n) is 6.38. The molecule has 1 nitrogen and oxygen atoms in total. The van der Waals surface area contributed by atoms with Crippen molar-refractivity contribution in [3.05, 3.63) is 29.8 Å². The van der Waals surface area contributed by atoms with Crippen molar-refractivity contribution in [2.45, 2.75) is 31.6 Å². The standard InChI is InChI=1S/C14H21F2NS/c1-11(2)10-17-7-3-4-8-18-14-6-5-12(15)9-13(14)16/h5-6,9,11,17H,3-4,7-8,10H2,1-2H3. The molecule has 0 aliphatic rings. The molecule has 0 atom stereocenters. The number of nitrogens with one attached hydrogen (secondary N) is 1. The molecular weight excluding hydrogens is 252 g/mol. The summed E-state index contributed by atoms with van der Waals surface area (Å²) in [6, 6.07) is 3.74. The van der Waals surface area contributed by atoms with Crippen LogP contribution in [0, 0.1) is 17.6 Å². The third-order valence-electron chi connectivity index (χ3n) is 2.45. The number of hydrogen-bond donors (Lipinski definition) is 1. The van der Waals surface area contributed by atoms with Crippen LogP contribution in [0.15, 0.2) is 23.1 Å². The van der Waals surface area contributed by atoms with E-state index in [0.717, 1.165) is 37.8 Å².